The molecule has 3 nitrogen and oxygen atoms in total. The lowest BCUT2D eigenvalue weighted by molar-refractivity contribution is 0.502. The summed E-state index contributed by atoms with van der Waals surface area (Å²) < 4.78 is 2.13. The van der Waals surface area contributed by atoms with E-state index in [1.165, 1.54) is 17.0 Å². The van der Waals surface area contributed by atoms with Crippen molar-refractivity contribution >= 4 is 0 Å². The second kappa shape index (κ2) is 6.53. The molecule has 0 aliphatic carbocycles. The van der Waals surface area contributed by atoms with Gasteiger partial charge in [-0.15, -0.1) is 0 Å². The van der Waals surface area contributed by atoms with E-state index >= 15 is 0 Å². The van der Waals surface area contributed by atoms with Crippen LogP contribution in [-0.4, -0.2) is 16.3 Å². The molecule has 1 unspecified atom stereocenters. The molecule has 3 heteroatoms. The zero-order chi connectivity index (χ0) is 13.7. The maximum Gasteiger partial charge on any atom is 0.0624 e. The van der Waals surface area contributed by atoms with Crippen LogP contribution in [0.2, 0.25) is 0 Å². The van der Waals surface area contributed by atoms with Crippen LogP contribution >= 0.6 is 0 Å². The number of aryl methyl sites for hydroxylation is 2. The Morgan fingerprint density at radius 1 is 1.16 bits per heavy atom. The maximum atomic E-state index is 5.94. The van der Waals surface area contributed by atoms with Gasteiger partial charge in [0.2, 0.25) is 0 Å². The normalized spacial score (nSPS) is 12.6. The van der Waals surface area contributed by atoms with Crippen molar-refractivity contribution in [3.63, 3.8) is 0 Å². The summed E-state index contributed by atoms with van der Waals surface area (Å²) in [5, 5.41) is 4.67. The van der Waals surface area contributed by atoms with E-state index in [9.17, 15) is 0 Å². The van der Waals surface area contributed by atoms with Gasteiger partial charge in [-0.05, 0) is 24.5 Å². The fraction of sp³-hybridized carbons (Fsp3) is 0.438. The molecular formula is C16H23N3. The highest BCUT2D eigenvalue weighted by atomic mass is 15.3. The molecule has 2 N–H and O–H groups in total. The minimum Gasteiger partial charge on any atom is -0.330 e. The maximum absolute atomic E-state index is 5.94. The number of nitrogens with zero attached hydrogens (tertiary/aromatic N) is 2. The van der Waals surface area contributed by atoms with Crippen LogP contribution in [0.3, 0.4) is 0 Å². The van der Waals surface area contributed by atoms with Crippen molar-refractivity contribution in [2.45, 2.75) is 39.2 Å². The number of benzene rings is 1. The average molecular weight is 257 g/mol. The minimum absolute atomic E-state index is 0.330. The summed E-state index contributed by atoms with van der Waals surface area (Å²) in [6.45, 7) is 5.83. The van der Waals surface area contributed by atoms with Gasteiger partial charge in [0.15, 0.2) is 0 Å². The van der Waals surface area contributed by atoms with Gasteiger partial charge in [0.1, 0.15) is 0 Å². The van der Waals surface area contributed by atoms with Crippen molar-refractivity contribution in [1.29, 1.82) is 0 Å². The lowest BCUT2D eigenvalue weighted by Gasteiger charge is -2.16. The molecule has 0 aliphatic rings. The van der Waals surface area contributed by atoms with E-state index in [-0.39, 0.29) is 0 Å². The molecular weight excluding hydrogens is 234 g/mol. The summed E-state index contributed by atoms with van der Waals surface area (Å²) in [6.07, 6.45) is 2.00. The monoisotopic (exact) mass is 257 g/mol. The van der Waals surface area contributed by atoms with Gasteiger partial charge in [-0.2, -0.15) is 5.10 Å². The van der Waals surface area contributed by atoms with Crippen LogP contribution < -0.4 is 5.73 Å². The third-order valence-corrected chi connectivity index (χ3v) is 3.59. The third kappa shape index (κ3) is 3.24. The van der Waals surface area contributed by atoms with Crippen LogP contribution in [-0.2, 0) is 19.4 Å². The zero-order valence-electron chi connectivity index (χ0n) is 11.8. The summed E-state index contributed by atoms with van der Waals surface area (Å²) in [6, 6.07) is 12.7. The first-order valence-electron chi connectivity index (χ1n) is 7.09. The van der Waals surface area contributed by atoms with Crippen molar-refractivity contribution in [2.24, 2.45) is 5.73 Å². The Morgan fingerprint density at radius 3 is 2.47 bits per heavy atom. The predicted octanol–water partition coefficient (Wildman–Crippen LogP) is 2.75. The van der Waals surface area contributed by atoms with Gasteiger partial charge >= 0.3 is 0 Å². The molecule has 0 saturated carbocycles. The molecule has 0 aliphatic heterocycles. The zero-order valence-corrected chi connectivity index (χ0v) is 11.8. The smallest absolute Gasteiger partial charge is 0.0624 e. The van der Waals surface area contributed by atoms with Gasteiger partial charge in [-0.3, -0.25) is 4.68 Å². The molecule has 102 valence electrons. The molecule has 1 heterocycles. The first-order valence-corrected chi connectivity index (χ1v) is 7.09. The lowest BCUT2D eigenvalue weighted by Crippen LogP contribution is -2.20. The standard InChI is InChI=1S/C16H23N3/c1-3-15-10-16(4-2)19(18-15)12-14(11-17)13-8-6-5-7-9-13/h5-10,14H,3-4,11-12,17H2,1-2H3. The van der Waals surface area contributed by atoms with Crippen LogP contribution in [0.4, 0.5) is 0 Å². The quantitative estimate of drug-likeness (QED) is 0.864. The van der Waals surface area contributed by atoms with E-state index < -0.39 is 0 Å². The fourth-order valence-electron chi connectivity index (χ4n) is 2.38. The molecule has 2 rings (SSSR count). The first kappa shape index (κ1) is 13.8. The van der Waals surface area contributed by atoms with E-state index in [1.54, 1.807) is 0 Å². The summed E-state index contributed by atoms with van der Waals surface area (Å²) in [5.74, 6) is 0.330. The first-order chi connectivity index (χ1) is 9.28. The lowest BCUT2D eigenvalue weighted by atomic mass is 9.99. The second-order valence-electron chi connectivity index (χ2n) is 4.86. The number of hydrogen-bond donors (Lipinski definition) is 1. The highest BCUT2D eigenvalue weighted by Gasteiger charge is 2.13. The summed E-state index contributed by atoms with van der Waals surface area (Å²) in [5.41, 5.74) is 9.70. The van der Waals surface area contributed by atoms with Crippen LogP contribution in [0.5, 0.6) is 0 Å². The highest BCUT2D eigenvalue weighted by Crippen LogP contribution is 2.18. The van der Waals surface area contributed by atoms with E-state index in [2.05, 4.69) is 54.0 Å². The van der Waals surface area contributed by atoms with Gasteiger partial charge in [-0.25, -0.2) is 0 Å². The molecule has 19 heavy (non-hydrogen) atoms. The Bertz CT molecular complexity index is 502. The van der Waals surface area contributed by atoms with Crippen molar-refractivity contribution in [3.05, 3.63) is 53.3 Å². The second-order valence-corrected chi connectivity index (χ2v) is 4.86. The van der Waals surface area contributed by atoms with Crippen molar-refractivity contribution in [3.8, 4) is 0 Å². The van der Waals surface area contributed by atoms with Crippen LogP contribution in [0, 0.1) is 0 Å². The Balaban J connectivity index is 2.21. The highest BCUT2D eigenvalue weighted by molar-refractivity contribution is 5.20. The van der Waals surface area contributed by atoms with E-state index in [1.807, 2.05) is 6.07 Å². The molecule has 2 aromatic rings. The number of hydrogen-bond acceptors (Lipinski definition) is 2. The van der Waals surface area contributed by atoms with Gasteiger partial charge in [0, 0.05) is 24.7 Å². The van der Waals surface area contributed by atoms with E-state index in [0.29, 0.717) is 12.5 Å². The Kier molecular flexibility index (Phi) is 4.74. The molecule has 0 fully saturated rings. The number of nitrogens with two attached hydrogens (primary N) is 1. The molecule has 0 bridgehead atoms. The Morgan fingerprint density at radius 2 is 1.89 bits per heavy atom. The van der Waals surface area contributed by atoms with Gasteiger partial charge < -0.3 is 5.73 Å². The van der Waals surface area contributed by atoms with Gasteiger partial charge in [-0.1, -0.05) is 44.2 Å². The molecule has 0 amide bonds. The van der Waals surface area contributed by atoms with E-state index in [0.717, 1.165) is 19.4 Å². The molecule has 1 aromatic carbocycles. The van der Waals surface area contributed by atoms with Crippen LogP contribution in [0.25, 0.3) is 0 Å². The van der Waals surface area contributed by atoms with Gasteiger partial charge in [0.05, 0.1) is 5.69 Å². The SMILES string of the molecule is CCc1cc(CC)n(CC(CN)c2ccccc2)n1. The fourth-order valence-corrected chi connectivity index (χ4v) is 2.38. The topological polar surface area (TPSA) is 43.8 Å². The van der Waals surface area contributed by atoms with Crippen molar-refractivity contribution in [2.75, 3.05) is 6.54 Å². The number of aromatic nitrogens is 2. The molecule has 1 atom stereocenters. The van der Waals surface area contributed by atoms with Crippen molar-refractivity contribution < 1.29 is 0 Å². The average Bonchev–Trinajstić information content (AvgIpc) is 2.87. The third-order valence-electron chi connectivity index (χ3n) is 3.59. The van der Waals surface area contributed by atoms with Gasteiger partial charge in [0.25, 0.3) is 0 Å². The van der Waals surface area contributed by atoms with Crippen LogP contribution in [0.1, 0.15) is 36.7 Å². The van der Waals surface area contributed by atoms with Crippen molar-refractivity contribution in [1.82, 2.24) is 9.78 Å². The predicted molar refractivity (Wildman–Crippen MR) is 79.2 cm³/mol. The summed E-state index contributed by atoms with van der Waals surface area (Å²) >= 11 is 0. The minimum atomic E-state index is 0.330. The molecule has 0 saturated heterocycles. The molecule has 0 spiro atoms. The Labute approximate surface area is 115 Å². The molecule has 1 aromatic heterocycles. The summed E-state index contributed by atoms with van der Waals surface area (Å²) in [4.78, 5) is 0. The summed E-state index contributed by atoms with van der Waals surface area (Å²) in [7, 11) is 0. The largest absolute Gasteiger partial charge is 0.330 e. The Hall–Kier alpha value is -1.61. The van der Waals surface area contributed by atoms with E-state index in [4.69, 9.17) is 5.73 Å². The van der Waals surface area contributed by atoms with Crippen LogP contribution in [0.15, 0.2) is 36.4 Å². The number of rotatable bonds is 6. The molecule has 0 radical (unpaired) electrons.